The second-order valence-corrected chi connectivity index (χ2v) is 7.88. The van der Waals surface area contributed by atoms with E-state index in [0.29, 0.717) is 5.56 Å². The molecule has 132 valence electrons. The van der Waals surface area contributed by atoms with E-state index in [4.69, 9.17) is 0 Å². The smallest absolute Gasteiger partial charge is 0.188 e. The topological polar surface area (TPSA) is 42.0 Å². The first-order valence-electron chi connectivity index (χ1n) is 8.38. The normalized spacial score (nSPS) is 11.1. The van der Waals surface area contributed by atoms with Gasteiger partial charge in [-0.25, -0.2) is 4.98 Å². The molecule has 0 spiro atoms. The molecule has 3 aromatic carbocycles. The van der Waals surface area contributed by atoms with Gasteiger partial charge in [-0.3, -0.25) is 4.79 Å². The van der Waals surface area contributed by atoms with Crippen molar-refractivity contribution in [2.24, 2.45) is 0 Å². The van der Waals surface area contributed by atoms with E-state index in [1.54, 1.807) is 17.4 Å². The maximum atomic E-state index is 12.3. The van der Waals surface area contributed by atoms with Crippen molar-refractivity contribution in [3.8, 4) is 0 Å². The quantitative estimate of drug-likeness (QED) is 0.280. The van der Waals surface area contributed by atoms with Crippen LogP contribution in [0.15, 0.2) is 83.3 Å². The molecule has 0 bridgehead atoms. The molecule has 0 aliphatic heterocycles. The summed E-state index contributed by atoms with van der Waals surface area (Å²) < 4.78 is 2.16. The predicted octanol–water partition coefficient (Wildman–Crippen LogP) is 6.70. The van der Waals surface area contributed by atoms with Crippen LogP contribution in [-0.4, -0.2) is 10.8 Å². The van der Waals surface area contributed by atoms with Crippen molar-refractivity contribution >= 4 is 60.2 Å². The van der Waals surface area contributed by atoms with Gasteiger partial charge in [0, 0.05) is 15.7 Å². The summed E-state index contributed by atoms with van der Waals surface area (Å²) in [7, 11) is 0. The van der Waals surface area contributed by atoms with Gasteiger partial charge in [0.2, 0.25) is 0 Å². The molecule has 4 rings (SSSR count). The number of halogens is 1. The molecule has 0 amide bonds. The highest BCUT2D eigenvalue weighted by Crippen LogP contribution is 2.28. The standard InChI is InChI=1S/C22H15BrN2OS/c23-17-10-5-15(6-11-17)7-14-20(26)16-8-12-18(13-9-16)24-22-25-19-3-1-2-4-21(19)27-22/h1-14H,(H,24,25). The van der Waals surface area contributed by atoms with Gasteiger partial charge >= 0.3 is 0 Å². The zero-order valence-corrected chi connectivity index (χ0v) is 16.6. The molecule has 0 saturated heterocycles. The molecule has 0 unspecified atom stereocenters. The maximum absolute atomic E-state index is 12.3. The second-order valence-electron chi connectivity index (χ2n) is 5.94. The summed E-state index contributed by atoms with van der Waals surface area (Å²) in [5, 5.41) is 4.13. The second kappa shape index (κ2) is 7.86. The van der Waals surface area contributed by atoms with E-state index in [1.807, 2.05) is 72.8 Å². The molecular formula is C22H15BrN2OS. The highest BCUT2D eigenvalue weighted by molar-refractivity contribution is 9.10. The zero-order valence-electron chi connectivity index (χ0n) is 14.2. The Labute approximate surface area is 169 Å². The minimum atomic E-state index is -0.0237. The van der Waals surface area contributed by atoms with Gasteiger partial charge in [-0.15, -0.1) is 0 Å². The van der Waals surface area contributed by atoms with Gasteiger partial charge in [0.25, 0.3) is 0 Å². The summed E-state index contributed by atoms with van der Waals surface area (Å²) in [6, 6.07) is 23.3. The van der Waals surface area contributed by atoms with E-state index in [0.717, 1.165) is 31.1 Å². The Morgan fingerprint density at radius 1 is 0.963 bits per heavy atom. The summed E-state index contributed by atoms with van der Waals surface area (Å²) in [6.45, 7) is 0. The maximum Gasteiger partial charge on any atom is 0.188 e. The minimum Gasteiger partial charge on any atom is -0.332 e. The molecule has 0 radical (unpaired) electrons. The number of rotatable bonds is 5. The van der Waals surface area contributed by atoms with E-state index >= 15 is 0 Å². The van der Waals surface area contributed by atoms with Crippen molar-refractivity contribution in [2.75, 3.05) is 5.32 Å². The highest BCUT2D eigenvalue weighted by atomic mass is 79.9. The van der Waals surface area contributed by atoms with Gasteiger partial charge in [0.15, 0.2) is 10.9 Å². The van der Waals surface area contributed by atoms with Crippen LogP contribution in [0.25, 0.3) is 16.3 Å². The number of carbonyl (C=O) groups excluding carboxylic acids is 1. The average molecular weight is 435 g/mol. The largest absolute Gasteiger partial charge is 0.332 e. The summed E-state index contributed by atoms with van der Waals surface area (Å²) in [4.78, 5) is 16.9. The summed E-state index contributed by atoms with van der Waals surface area (Å²) in [5.41, 5.74) is 3.52. The van der Waals surface area contributed by atoms with Gasteiger partial charge in [-0.1, -0.05) is 57.6 Å². The fraction of sp³-hybridized carbons (Fsp3) is 0. The number of para-hydroxylation sites is 1. The number of aromatic nitrogens is 1. The Balaban J connectivity index is 1.44. The SMILES string of the molecule is O=C(C=Cc1ccc(Br)cc1)c1ccc(Nc2nc3ccccc3s2)cc1. The number of carbonyl (C=O) groups is 1. The van der Waals surface area contributed by atoms with E-state index in [2.05, 4.69) is 32.3 Å². The van der Waals surface area contributed by atoms with Crippen molar-refractivity contribution < 1.29 is 4.79 Å². The fourth-order valence-electron chi connectivity index (χ4n) is 2.61. The molecule has 0 aliphatic rings. The first-order valence-corrected chi connectivity index (χ1v) is 9.99. The molecule has 5 heteroatoms. The molecular weight excluding hydrogens is 420 g/mol. The summed E-state index contributed by atoms with van der Waals surface area (Å²) >= 11 is 5.01. The number of anilines is 2. The van der Waals surface area contributed by atoms with Crippen molar-refractivity contribution in [1.82, 2.24) is 4.98 Å². The number of nitrogens with one attached hydrogen (secondary N) is 1. The molecule has 1 N–H and O–H groups in total. The Morgan fingerprint density at radius 3 is 2.44 bits per heavy atom. The van der Waals surface area contributed by atoms with Crippen molar-refractivity contribution in [2.45, 2.75) is 0 Å². The van der Waals surface area contributed by atoms with Gasteiger partial charge in [0.05, 0.1) is 10.2 Å². The van der Waals surface area contributed by atoms with E-state index in [-0.39, 0.29) is 5.78 Å². The summed E-state index contributed by atoms with van der Waals surface area (Å²) in [6.07, 6.45) is 3.42. The van der Waals surface area contributed by atoms with Crippen LogP contribution >= 0.6 is 27.3 Å². The zero-order chi connectivity index (χ0) is 18.6. The lowest BCUT2D eigenvalue weighted by molar-refractivity contribution is 0.104. The van der Waals surface area contributed by atoms with Crippen LogP contribution in [-0.2, 0) is 0 Å². The van der Waals surface area contributed by atoms with Crippen LogP contribution in [0.1, 0.15) is 15.9 Å². The number of fused-ring (bicyclic) bond motifs is 1. The summed E-state index contributed by atoms with van der Waals surface area (Å²) in [5.74, 6) is -0.0237. The van der Waals surface area contributed by atoms with E-state index in [9.17, 15) is 4.79 Å². The van der Waals surface area contributed by atoms with Gasteiger partial charge in [0.1, 0.15) is 0 Å². The van der Waals surface area contributed by atoms with Crippen LogP contribution in [0.3, 0.4) is 0 Å². The predicted molar refractivity (Wildman–Crippen MR) is 117 cm³/mol. The molecule has 0 fully saturated rings. The lowest BCUT2D eigenvalue weighted by atomic mass is 10.1. The fourth-order valence-corrected chi connectivity index (χ4v) is 3.76. The lowest BCUT2D eigenvalue weighted by Crippen LogP contribution is -1.95. The number of allylic oxidation sites excluding steroid dienone is 1. The number of benzene rings is 3. The monoisotopic (exact) mass is 434 g/mol. The van der Waals surface area contributed by atoms with Gasteiger partial charge in [-0.2, -0.15) is 0 Å². The Morgan fingerprint density at radius 2 is 1.70 bits per heavy atom. The molecule has 0 atom stereocenters. The molecule has 27 heavy (non-hydrogen) atoms. The first kappa shape index (κ1) is 17.6. The number of hydrogen-bond donors (Lipinski definition) is 1. The van der Waals surface area contributed by atoms with Gasteiger partial charge in [-0.05, 0) is 60.2 Å². The van der Waals surface area contributed by atoms with Crippen molar-refractivity contribution in [3.63, 3.8) is 0 Å². The Kier molecular flexibility index (Phi) is 5.14. The molecule has 0 saturated carbocycles. The molecule has 3 nitrogen and oxygen atoms in total. The third-order valence-electron chi connectivity index (χ3n) is 4.01. The molecule has 1 heterocycles. The Bertz CT molecular complexity index is 1080. The van der Waals surface area contributed by atoms with Crippen molar-refractivity contribution in [3.05, 3.63) is 94.5 Å². The van der Waals surface area contributed by atoms with Crippen LogP contribution in [0.2, 0.25) is 0 Å². The molecule has 1 aromatic heterocycles. The minimum absolute atomic E-state index is 0.0237. The molecule has 4 aromatic rings. The lowest BCUT2D eigenvalue weighted by Gasteiger charge is -2.03. The van der Waals surface area contributed by atoms with Crippen LogP contribution < -0.4 is 5.32 Å². The number of nitrogens with zero attached hydrogens (tertiary/aromatic N) is 1. The Hall–Kier alpha value is -2.76. The third kappa shape index (κ3) is 4.32. The van der Waals surface area contributed by atoms with E-state index < -0.39 is 0 Å². The van der Waals surface area contributed by atoms with Gasteiger partial charge < -0.3 is 5.32 Å². The first-order chi connectivity index (χ1) is 13.2. The third-order valence-corrected chi connectivity index (χ3v) is 5.49. The van der Waals surface area contributed by atoms with E-state index in [1.165, 1.54) is 0 Å². The van der Waals surface area contributed by atoms with Crippen molar-refractivity contribution in [1.29, 1.82) is 0 Å². The van der Waals surface area contributed by atoms with Crippen LogP contribution in [0.4, 0.5) is 10.8 Å². The van der Waals surface area contributed by atoms with Crippen LogP contribution in [0, 0.1) is 0 Å². The number of ketones is 1. The number of thiazole rings is 1. The average Bonchev–Trinajstić information content (AvgIpc) is 3.10. The molecule has 0 aliphatic carbocycles. The highest BCUT2D eigenvalue weighted by Gasteiger charge is 2.05. The number of hydrogen-bond acceptors (Lipinski definition) is 4. The van der Waals surface area contributed by atoms with Crippen LogP contribution in [0.5, 0.6) is 0 Å².